The highest BCUT2D eigenvalue weighted by molar-refractivity contribution is 5.57. The molecule has 1 N–H and O–H groups in total. The summed E-state index contributed by atoms with van der Waals surface area (Å²) in [5.41, 5.74) is 3.87. The second-order valence-electron chi connectivity index (χ2n) is 5.93. The summed E-state index contributed by atoms with van der Waals surface area (Å²) in [5, 5.41) is 15.6. The van der Waals surface area contributed by atoms with E-state index in [0.717, 1.165) is 5.56 Å². The van der Waals surface area contributed by atoms with Crippen LogP contribution in [0.25, 0.3) is 23.0 Å². The van der Waals surface area contributed by atoms with Gasteiger partial charge in [0.05, 0.1) is 0 Å². The molecule has 6 heteroatoms. The molecule has 0 unspecified atom stereocenters. The van der Waals surface area contributed by atoms with Gasteiger partial charge in [-0.25, -0.2) is 0 Å². The Morgan fingerprint density at radius 2 is 1.69 bits per heavy atom. The van der Waals surface area contributed by atoms with Gasteiger partial charge in [0, 0.05) is 12.1 Å². The number of hydrogen-bond donors (Lipinski definition) is 1. The normalized spacial score (nSPS) is 10.7. The molecule has 0 atom stereocenters. The van der Waals surface area contributed by atoms with Crippen molar-refractivity contribution >= 4 is 5.82 Å². The van der Waals surface area contributed by atoms with Crippen LogP contribution in [0.3, 0.4) is 0 Å². The van der Waals surface area contributed by atoms with Crippen molar-refractivity contribution in [1.82, 2.24) is 20.3 Å². The summed E-state index contributed by atoms with van der Waals surface area (Å²) in [6.07, 6.45) is 0. The van der Waals surface area contributed by atoms with Gasteiger partial charge in [0.25, 0.3) is 5.89 Å². The van der Waals surface area contributed by atoms with Gasteiger partial charge in [-0.3, -0.25) is 0 Å². The third kappa shape index (κ3) is 3.59. The minimum Gasteiger partial charge on any atom is -0.365 e. The number of hydrogen-bond acceptors (Lipinski definition) is 6. The molecular formula is C20H17N5O. The Morgan fingerprint density at radius 1 is 0.885 bits per heavy atom. The van der Waals surface area contributed by atoms with Crippen molar-refractivity contribution in [2.24, 2.45) is 0 Å². The molecule has 6 nitrogen and oxygen atoms in total. The molecule has 2 aromatic heterocycles. The standard InChI is InChI=1S/C20H17N5O/c1-14-7-9-15(10-8-14)13-21-18-12-11-17(23-24-18)20-22-19(25-26-20)16-5-3-2-4-6-16/h2-12H,13H2,1H3,(H,21,24). The van der Waals surface area contributed by atoms with E-state index in [9.17, 15) is 0 Å². The van der Waals surface area contributed by atoms with Crippen LogP contribution in [-0.4, -0.2) is 20.3 Å². The van der Waals surface area contributed by atoms with E-state index in [1.54, 1.807) is 0 Å². The molecule has 4 rings (SSSR count). The van der Waals surface area contributed by atoms with Gasteiger partial charge in [-0.15, -0.1) is 10.2 Å². The molecule has 0 radical (unpaired) electrons. The van der Waals surface area contributed by atoms with Gasteiger partial charge >= 0.3 is 0 Å². The highest BCUT2D eigenvalue weighted by Gasteiger charge is 2.12. The van der Waals surface area contributed by atoms with E-state index in [0.29, 0.717) is 29.8 Å². The fourth-order valence-electron chi connectivity index (χ4n) is 2.47. The maximum atomic E-state index is 5.30. The van der Waals surface area contributed by atoms with Gasteiger partial charge < -0.3 is 9.84 Å². The lowest BCUT2D eigenvalue weighted by Crippen LogP contribution is -2.02. The molecule has 0 aliphatic heterocycles. The summed E-state index contributed by atoms with van der Waals surface area (Å²) in [6, 6.07) is 21.7. The molecule has 4 aromatic rings. The SMILES string of the molecule is Cc1ccc(CNc2ccc(-c3nc(-c4ccccc4)no3)nn2)cc1. The van der Waals surface area contributed by atoms with E-state index in [4.69, 9.17) is 4.52 Å². The number of nitrogens with one attached hydrogen (secondary N) is 1. The summed E-state index contributed by atoms with van der Waals surface area (Å²) >= 11 is 0. The largest absolute Gasteiger partial charge is 0.365 e. The van der Waals surface area contributed by atoms with Crippen molar-refractivity contribution in [1.29, 1.82) is 0 Å². The molecule has 2 heterocycles. The summed E-state index contributed by atoms with van der Waals surface area (Å²) in [5.74, 6) is 1.57. The van der Waals surface area contributed by atoms with Gasteiger partial charge in [0.15, 0.2) is 5.69 Å². The van der Waals surface area contributed by atoms with E-state index in [1.807, 2.05) is 42.5 Å². The summed E-state index contributed by atoms with van der Waals surface area (Å²) in [4.78, 5) is 4.38. The minimum absolute atomic E-state index is 0.349. The van der Waals surface area contributed by atoms with E-state index < -0.39 is 0 Å². The molecule has 0 amide bonds. The molecule has 0 saturated carbocycles. The first-order valence-corrected chi connectivity index (χ1v) is 8.30. The van der Waals surface area contributed by atoms with Crippen molar-refractivity contribution in [3.63, 3.8) is 0 Å². The predicted molar refractivity (Wildman–Crippen MR) is 99.3 cm³/mol. The van der Waals surface area contributed by atoms with Gasteiger partial charge in [0.1, 0.15) is 5.82 Å². The lowest BCUT2D eigenvalue weighted by Gasteiger charge is -2.05. The summed E-state index contributed by atoms with van der Waals surface area (Å²) in [6.45, 7) is 2.76. The number of aryl methyl sites for hydroxylation is 1. The zero-order valence-electron chi connectivity index (χ0n) is 14.3. The molecule has 0 aliphatic rings. The fraction of sp³-hybridized carbons (Fsp3) is 0.100. The quantitative estimate of drug-likeness (QED) is 0.587. The van der Waals surface area contributed by atoms with Crippen LogP contribution >= 0.6 is 0 Å². The zero-order valence-corrected chi connectivity index (χ0v) is 14.3. The van der Waals surface area contributed by atoms with Gasteiger partial charge in [-0.05, 0) is 24.6 Å². The molecule has 0 saturated heterocycles. The first kappa shape index (κ1) is 16.0. The number of aromatic nitrogens is 4. The third-order valence-electron chi connectivity index (χ3n) is 3.94. The average Bonchev–Trinajstić information content (AvgIpc) is 3.19. The van der Waals surface area contributed by atoms with Crippen LogP contribution in [0.1, 0.15) is 11.1 Å². The van der Waals surface area contributed by atoms with Crippen LogP contribution in [0.15, 0.2) is 71.3 Å². The first-order chi connectivity index (χ1) is 12.8. The monoisotopic (exact) mass is 343 g/mol. The van der Waals surface area contributed by atoms with Crippen LogP contribution < -0.4 is 5.32 Å². The van der Waals surface area contributed by atoms with Gasteiger partial charge in [0.2, 0.25) is 5.82 Å². The van der Waals surface area contributed by atoms with Crippen molar-refractivity contribution in [3.05, 3.63) is 77.9 Å². The second-order valence-corrected chi connectivity index (χ2v) is 5.93. The summed E-state index contributed by atoms with van der Waals surface area (Å²) in [7, 11) is 0. The molecule has 26 heavy (non-hydrogen) atoms. The van der Waals surface area contributed by atoms with Crippen LogP contribution in [0, 0.1) is 6.92 Å². The third-order valence-corrected chi connectivity index (χ3v) is 3.94. The zero-order chi connectivity index (χ0) is 17.8. The molecule has 2 aromatic carbocycles. The van der Waals surface area contributed by atoms with Gasteiger partial charge in [-0.2, -0.15) is 4.98 Å². The Bertz CT molecular complexity index is 979. The molecule has 0 spiro atoms. The first-order valence-electron chi connectivity index (χ1n) is 8.30. The number of rotatable bonds is 5. The smallest absolute Gasteiger partial charge is 0.278 e. The van der Waals surface area contributed by atoms with Crippen molar-refractivity contribution in [2.75, 3.05) is 5.32 Å². The second kappa shape index (κ2) is 7.14. The highest BCUT2D eigenvalue weighted by atomic mass is 16.5. The van der Waals surface area contributed by atoms with Crippen molar-refractivity contribution in [3.8, 4) is 23.0 Å². The number of nitrogens with zero attached hydrogens (tertiary/aromatic N) is 4. The van der Waals surface area contributed by atoms with E-state index in [-0.39, 0.29) is 0 Å². The molecule has 0 fully saturated rings. The highest BCUT2D eigenvalue weighted by Crippen LogP contribution is 2.20. The Labute approximate surface area is 150 Å². The van der Waals surface area contributed by atoms with E-state index >= 15 is 0 Å². The Balaban J connectivity index is 1.44. The fourth-order valence-corrected chi connectivity index (χ4v) is 2.47. The maximum absolute atomic E-state index is 5.30. The molecular weight excluding hydrogens is 326 g/mol. The van der Waals surface area contributed by atoms with Crippen LogP contribution in [0.5, 0.6) is 0 Å². The lowest BCUT2D eigenvalue weighted by molar-refractivity contribution is 0.430. The van der Waals surface area contributed by atoms with Gasteiger partial charge in [-0.1, -0.05) is 65.3 Å². The van der Waals surface area contributed by atoms with Crippen LogP contribution in [0.2, 0.25) is 0 Å². The van der Waals surface area contributed by atoms with Crippen LogP contribution in [-0.2, 0) is 6.54 Å². The Hall–Kier alpha value is -3.54. The van der Waals surface area contributed by atoms with Crippen molar-refractivity contribution in [2.45, 2.75) is 13.5 Å². The molecule has 0 aliphatic carbocycles. The Morgan fingerprint density at radius 3 is 2.42 bits per heavy atom. The number of anilines is 1. The Kier molecular flexibility index (Phi) is 4.38. The predicted octanol–water partition coefficient (Wildman–Crippen LogP) is 4.11. The average molecular weight is 343 g/mol. The van der Waals surface area contributed by atoms with Crippen molar-refractivity contribution < 1.29 is 4.52 Å². The minimum atomic E-state index is 0.349. The van der Waals surface area contributed by atoms with E-state index in [2.05, 4.69) is 56.8 Å². The van der Waals surface area contributed by atoms with Crippen LogP contribution in [0.4, 0.5) is 5.82 Å². The summed E-state index contributed by atoms with van der Waals surface area (Å²) < 4.78 is 5.30. The molecule has 0 bridgehead atoms. The number of benzene rings is 2. The lowest BCUT2D eigenvalue weighted by atomic mass is 10.1. The topological polar surface area (TPSA) is 76.7 Å². The van der Waals surface area contributed by atoms with E-state index in [1.165, 1.54) is 11.1 Å². The molecule has 128 valence electrons. The maximum Gasteiger partial charge on any atom is 0.278 e.